The Balaban J connectivity index is 2.08. The first-order chi connectivity index (χ1) is 10.2. The minimum atomic E-state index is -1.63. The normalized spacial score (nSPS) is 28.7. The van der Waals surface area contributed by atoms with Crippen molar-refractivity contribution in [2.24, 2.45) is 5.11 Å². The number of alkyl halides is 1. The van der Waals surface area contributed by atoms with Gasteiger partial charge in [0.15, 0.2) is 11.5 Å². The number of halogens is 1. The fourth-order valence-electron chi connectivity index (χ4n) is 2.32. The van der Waals surface area contributed by atoms with Crippen LogP contribution in [0.15, 0.2) is 17.8 Å². The zero-order valence-electron chi connectivity index (χ0n) is 10.6. The molecule has 110 valence electrons. The van der Waals surface area contributed by atoms with E-state index in [1.165, 1.54) is 17.2 Å². The van der Waals surface area contributed by atoms with Crippen LogP contribution in [0.3, 0.4) is 0 Å². The lowest BCUT2D eigenvalue weighted by Crippen LogP contribution is -2.28. The first-order valence-corrected chi connectivity index (χ1v) is 6.05. The van der Waals surface area contributed by atoms with E-state index < -0.39 is 31.2 Å². The van der Waals surface area contributed by atoms with Crippen LogP contribution in [-0.2, 0) is 4.74 Å². The summed E-state index contributed by atoms with van der Waals surface area (Å²) in [5.41, 5.74) is 14.9. The molecule has 4 atom stereocenters. The number of aliphatic hydroxyl groups excluding tert-OH is 1. The van der Waals surface area contributed by atoms with Crippen LogP contribution in [0.5, 0.6) is 0 Å². The molecule has 11 heteroatoms. The number of hydrogen-bond donors (Lipinski definition) is 2. The van der Waals surface area contributed by atoms with Gasteiger partial charge in [0.25, 0.3) is 0 Å². The number of nitrogens with zero attached hydrogens (tertiary/aromatic N) is 7. The van der Waals surface area contributed by atoms with E-state index in [1.807, 2.05) is 0 Å². The summed E-state index contributed by atoms with van der Waals surface area (Å²) >= 11 is 0. The molecule has 1 saturated heterocycles. The molecule has 0 aliphatic carbocycles. The molecule has 3 heterocycles. The Morgan fingerprint density at radius 1 is 1.52 bits per heavy atom. The lowest BCUT2D eigenvalue weighted by molar-refractivity contribution is -0.0337. The second-order valence-electron chi connectivity index (χ2n) is 4.47. The summed E-state index contributed by atoms with van der Waals surface area (Å²) in [7, 11) is 0. The highest BCUT2D eigenvalue weighted by Gasteiger charge is 2.45. The topological polar surface area (TPSA) is 148 Å². The molecule has 10 nitrogen and oxygen atoms in total. The summed E-state index contributed by atoms with van der Waals surface area (Å²) < 4.78 is 20.9. The van der Waals surface area contributed by atoms with Gasteiger partial charge in [-0.1, -0.05) is 5.11 Å². The number of ether oxygens (including phenoxy) is 1. The van der Waals surface area contributed by atoms with Crippen molar-refractivity contribution in [2.75, 3.05) is 12.3 Å². The molecule has 1 aliphatic rings. The summed E-state index contributed by atoms with van der Waals surface area (Å²) in [5.74, 6) is 0.174. The maximum absolute atomic E-state index is 14.1. The molecular weight excluding hydrogens is 283 g/mol. The van der Waals surface area contributed by atoms with Gasteiger partial charge < -0.3 is 15.6 Å². The molecule has 0 radical (unpaired) electrons. The number of aliphatic hydroxyl groups is 1. The molecule has 2 aromatic rings. The number of rotatable bonds is 3. The summed E-state index contributed by atoms with van der Waals surface area (Å²) in [6, 6.07) is -1.14. The van der Waals surface area contributed by atoms with Crippen molar-refractivity contribution in [1.82, 2.24) is 19.5 Å². The van der Waals surface area contributed by atoms with Crippen LogP contribution in [0.1, 0.15) is 6.23 Å². The number of nitrogen functional groups attached to an aromatic ring is 1. The largest absolute Gasteiger partial charge is 0.394 e. The smallest absolute Gasteiger partial charge is 0.167 e. The first-order valence-electron chi connectivity index (χ1n) is 6.05. The van der Waals surface area contributed by atoms with Crippen LogP contribution in [0.2, 0.25) is 0 Å². The predicted molar refractivity (Wildman–Crippen MR) is 68.6 cm³/mol. The Morgan fingerprint density at radius 2 is 2.33 bits per heavy atom. The van der Waals surface area contributed by atoms with Gasteiger partial charge in [-0.3, -0.25) is 4.57 Å². The molecule has 21 heavy (non-hydrogen) atoms. The first kappa shape index (κ1) is 13.5. The molecular formula is C10H11FN8O2. The van der Waals surface area contributed by atoms with Gasteiger partial charge in [-0.2, -0.15) is 0 Å². The molecule has 3 N–H and O–H groups in total. The van der Waals surface area contributed by atoms with Crippen molar-refractivity contribution in [3.8, 4) is 0 Å². The summed E-state index contributed by atoms with van der Waals surface area (Å²) in [4.78, 5) is 14.5. The standard InChI is InChI=1S/C10H11FN8O2/c11-5-4(1-20)21-10(6(5)17-18-13)19-3-16-7-8(12)14-2-15-9(7)19/h2-6,10,20H,1H2,(H2,12,14,15)/t4-,5-,6-,10-/m1/s1. The summed E-state index contributed by atoms with van der Waals surface area (Å²) in [5, 5.41) is 12.5. The Hall–Kier alpha value is -2.49. The van der Waals surface area contributed by atoms with E-state index in [4.69, 9.17) is 21.1 Å². The number of azide groups is 1. The Kier molecular flexibility index (Phi) is 3.29. The van der Waals surface area contributed by atoms with Crippen molar-refractivity contribution in [3.63, 3.8) is 0 Å². The van der Waals surface area contributed by atoms with Gasteiger partial charge in [-0.25, -0.2) is 19.3 Å². The number of anilines is 1. The molecule has 1 fully saturated rings. The third-order valence-electron chi connectivity index (χ3n) is 3.31. The minimum Gasteiger partial charge on any atom is -0.394 e. The van der Waals surface area contributed by atoms with Gasteiger partial charge >= 0.3 is 0 Å². The molecule has 1 aliphatic heterocycles. The highest BCUT2D eigenvalue weighted by Crippen LogP contribution is 2.35. The maximum atomic E-state index is 14.1. The van der Waals surface area contributed by atoms with Crippen LogP contribution in [0.4, 0.5) is 10.2 Å². The van der Waals surface area contributed by atoms with Crippen molar-refractivity contribution >= 4 is 17.0 Å². The highest BCUT2D eigenvalue weighted by molar-refractivity contribution is 5.81. The van der Waals surface area contributed by atoms with Gasteiger partial charge in [-0.15, -0.1) is 0 Å². The van der Waals surface area contributed by atoms with Crippen molar-refractivity contribution in [1.29, 1.82) is 0 Å². The van der Waals surface area contributed by atoms with Gasteiger partial charge in [0.05, 0.1) is 12.9 Å². The van der Waals surface area contributed by atoms with E-state index in [0.717, 1.165) is 0 Å². The summed E-state index contributed by atoms with van der Waals surface area (Å²) in [6.07, 6.45) is -1.08. The SMILES string of the molecule is [N-]=[N+]=N[C@@H]1[C@H](F)[C@@H](CO)O[C@H]1n1cnc2c(N)ncnc21. The Bertz CT molecular complexity index is 714. The van der Waals surface area contributed by atoms with Gasteiger partial charge in [0.2, 0.25) is 0 Å². The fourth-order valence-corrected chi connectivity index (χ4v) is 2.32. The van der Waals surface area contributed by atoms with E-state index in [1.54, 1.807) is 0 Å². The average molecular weight is 294 g/mol. The lowest BCUT2D eigenvalue weighted by atomic mass is 10.1. The molecule has 2 aromatic heterocycles. The van der Waals surface area contributed by atoms with E-state index >= 15 is 0 Å². The third-order valence-corrected chi connectivity index (χ3v) is 3.31. The van der Waals surface area contributed by atoms with E-state index in [2.05, 4.69) is 25.0 Å². The number of hydrogen-bond acceptors (Lipinski definition) is 7. The summed E-state index contributed by atoms with van der Waals surface area (Å²) in [6.45, 7) is -0.529. The third kappa shape index (κ3) is 2.03. The van der Waals surface area contributed by atoms with Crippen LogP contribution < -0.4 is 5.73 Å². The van der Waals surface area contributed by atoms with Crippen LogP contribution in [0.25, 0.3) is 21.6 Å². The second kappa shape index (κ2) is 5.13. The molecule has 0 unspecified atom stereocenters. The minimum absolute atomic E-state index is 0.174. The predicted octanol–water partition coefficient (Wildman–Crippen LogP) is 0.315. The van der Waals surface area contributed by atoms with E-state index in [9.17, 15) is 4.39 Å². The van der Waals surface area contributed by atoms with Gasteiger partial charge in [-0.05, 0) is 5.53 Å². The second-order valence-corrected chi connectivity index (χ2v) is 4.47. The number of nitrogens with two attached hydrogens (primary N) is 1. The average Bonchev–Trinajstić information content (AvgIpc) is 3.03. The van der Waals surface area contributed by atoms with Crippen LogP contribution in [0, 0.1) is 0 Å². The quantitative estimate of drug-likeness (QED) is 0.473. The van der Waals surface area contributed by atoms with E-state index in [-0.39, 0.29) is 5.82 Å². The Labute approximate surface area is 117 Å². The van der Waals surface area contributed by atoms with E-state index in [0.29, 0.717) is 11.2 Å². The molecule has 3 rings (SSSR count). The highest BCUT2D eigenvalue weighted by atomic mass is 19.1. The molecule has 0 saturated carbocycles. The number of aromatic nitrogens is 4. The van der Waals surface area contributed by atoms with Crippen molar-refractivity contribution in [2.45, 2.75) is 24.5 Å². The zero-order valence-corrected chi connectivity index (χ0v) is 10.6. The van der Waals surface area contributed by atoms with Crippen LogP contribution >= 0.6 is 0 Å². The molecule has 0 spiro atoms. The lowest BCUT2D eigenvalue weighted by Gasteiger charge is -2.16. The molecule has 0 aromatic carbocycles. The van der Waals surface area contributed by atoms with Crippen molar-refractivity contribution < 1.29 is 14.2 Å². The van der Waals surface area contributed by atoms with Gasteiger partial charge in [0.1, 0.15) is 36.4 Å². The van der Waals surface area contributed by atoms with Crippen LogP contribution in [-0.4, -0.2) is 49.5 Å². The molecule has 0 amide bonds. The van der Waals surface area contributed by atoms with Gasteiger partial charge in [0, 0.05) is 4.91 Å². The number of imidazole rings is 1. The number of fused-ring (bicyclic) bond motifs is 1. The maximum Gasteiger partial charge on any atom is 0.167 e. The monoisotopic (exact) mass is 294 g/mol. The van der Waals surface area contributed by atoms with Crippen molar-refractivity contribution in [3.05, 3.63) is 23.1 Å². The molecule has 0 bridgehead atoms. The fraction of sp³-hybridized carbons (Fsp3) is 0.500. The Morgan fingerprint density at radius 3 is 3.05 bits per heavy atom. The zero-order chi connectivity index (χ0) is 15.0.